The van der Waals surface area contributed by atoms with E-state index in [4.69, 9.17) is 4.80 Å². The molecule has 0 saturated heterocycles. The summed E-state index contributed by atoms with van der Waals surface area (Å²) in [6, 6.07) is 0. The Morgan fingerprint density at radius 2 is 1.62 bits per heavy atom. The second-order valence-electron chi connectivity index (χ2n) is 3.17. The summed E-state index contributed by atoms with van der Waals surface area (Å²) in [5, 5.41) is 0. The predicted molar refractivity (Wildman–Crippen MR) is 47.1 cm³/mol. The molecule has 0 amide bonds. The van der Waals surface area contributed by atoms with Crippen LogP contribution < -0.4 is 24.8 Å². The third-order valence-corrected chi connectivity index (χ3v) is 0.586. The molecule has 0 fully saturated rings. The van der Waals surface area contributed by atoms with Gasteiger partial charge in [-0.2, -0.15) is 6.08 Å². The molecule has 5 heteroatoms. The zero-order chi connectivity index (χ0) is 8.04. The van der Waals surface area contributed by atoms with Crippen molar-refractivity contribution in [3.8, 4) is 0 Å². The summed E-state index contributed by atoms with van der Waals surface area (Å²) in [7, 11) is -1.61. The Labute approximate surface area is 114 Å². The van der Waals surface area contributed by atoms with Gasteiger partial charge in [-0.05, 0) is 19.6 Å². The van der Waals surface area contributed by atoms with Crippen LogP contribution in [0.2, 0.25) is 19.6 Å². The van der Waals surface area contributed by atoms with Crippen LogP contribution in [0.3, 0.4) is 0 Å². The average molecular weight is 317 g/mol. The third kappa shape index (κ3) is 43.3. The standard InChI is InChI=1S/C5H5.C3H10OSi.2ClH.Zr/c1-2-4-5-3-1;1-5(2,3)4;;;/h1-3H,4H2;4H,1-3H3;2*1H;/q-1;;;;+3/p-2. The minimum Gasteiger partial charge on any atom is -1.00 e. The van der Waals surface area contributed by atoms with Crippen LogP contribution in [-0.2, 0) is 26.2 Å². The molecule has 1 nitrogen and oxygen atoms in total. The van der Waals surface area contributed by atoms with Crippen LogP contribution >= 0.6 is 0 Å². The van der Waals surface area contributed by atoms with E-state index in [9.17, 15) is 0 Å². The maximum atomic E-state index is 8.66. The first-order valence-electron chi connectivity index (χ1n) is 3.44. The molecule has 0 spiro atoms. The maximum absolute atomic E-state index is 8.66. The Kier molecular flexibility index (Phi) is 24.0. The van der Waals surface area contributed by atoms with Crippen molar-refractivity contribution in [3.63, 3.8) is 0 Å². The van der Waals surface area contributed by atoms with Crippen LogP contribution in [0.15, 0.2) is 18.2 Å². The molecular formula is C8H15Cl2OSiZr. The summed E-state index contributed by atoms with van der Waals surface area (Å²) in [4.78, 5) is 8.66. The predicted octanol–water partition coefficient (Wildman–Crippen LogP) is -3.88. The fourth-order valence-electron chi connectivity index (χ4n) is 0.340. The summed E-state index contributed by atoms with van der Waals surface area (Å²) < 4.78 is 0. The van der Waals surface area contributed by atoms with Gasteiger partial charge in [-0.3, -0.25) is 6.08 Å². The van der Waals surface area contributed by atoms with Crippen molar-refractivity contribution in [2.45, 2.75) is 26.1 Å². The molecule has 0 unspecified atom stereocenters. The van der Waals surface area contributed by atoms with Crippen molar-refractivity contribution in [3.05, 3.63) is 24.3 Å². The summed E-state index contributed by atoms with van der Waals surface area (Å²) in [5.41, 5.74) is 0. The van der Waals surface area contributed by atoms with Crippen molar-refractivity contribution in [2.24, 2.45) is 0 Å². The van der Waals surface area contributed by atoms with Crippen molar-refractivity contribution in [2.75, 3.05) is 0 Å². The number of halogens is 2. The van der Waals surface area contributed by atoms with Gasteiger partial charge in [0.15, 0.2) is 8.32 Å². The van der Waals surface area contributed by atoms with Crippen molar-refractivity contribution in [1.29, 1.82) is 0 Å². The van der Waals surface area contributed by atoms with Gasteiger partial charge < -0.3 is 29.6 Å². The largest absolute Gasteiger partial charge is 3.00 e. The van der Waals surface area contributed by atoms with Crippen LogP contribution in [0.4, 0.5) is 0 Å². The van der Waals surface area contributed by atoms with E-state index in [1.165, 1.54) is 0 Å². The molecule has 0 aromatic rings. The normalized spacial score (nSPS) is 11.4. The van der Waals surface area contributed by atoms with Crippen LogP contribution in [0.5, 0.6) is 0 Å². The SMILES string of the molecule is C[Si](C)(C)O.[C-]1=CC=CC1.[Cl-].[Cl-].[Zr+3]. The van der Waals surface area contributed by atoms with Crippen LogP contribution in [0.1, 0.15) is 6.42 Å². The number of hydrogen-bond acceptors (Lipinski definition) is 1. The van der Waals surface area contributed by atoms with Gasteiger partial charge in [-0.1, -0.05) is 0 Å². The molecule has 0 aromatic carbocycles. The summed E-state index contributed by atoms with van der Waals surface area (Å²) in [6.45, 7) is 5.65. The quantitative estimate of drug-likeness (QED) is 0.358. The Hall–Kier alpha value is 1.12. The maximum Gasteiger partial charge on any atom is 3.00 e. The second kappa shape index (κ2) is 13.1. The molecule has 0 aliphatic heterocycles. The molecule has 1 radical (unpaired) electrons. The first-order valence-corrected chi connectivity index (χ1v) is 6.89. The van der Waals surface area contributed by atoms with Gasteiger partial charge >= 0.3 is 26.2 Å². The van der Waals surface area contributed by atoms with Crippen molar-refractivity contribution >= 4 is 8.32 Å². The van der Waals surface area contributed by atoms with E-state index in [-0.39, 0.29) is 51.0 Å². The number of allylic oxidation sites excluding steroid dienone is 4. The molecule has 1 aliphatic rings. The first kappa shape index (κ1) is 23.7. The Morgan fingerprint density at radius 3 is 1.69 bits per heavy atom. The second-order valence-corrected chi connectivity index (χ2v) is 7.52. The fourth-order valence-corrected chi connectivity index (χ4v) is 0.340. The Morgan fingerprint density at radius 1 is 1.23 bits per heavy atom. The minimum atomic E-state index is -1.61. The summed E-state index contributed by atoms with van der Waals surface area (Å²) in [6.07, 6.45) is 10.0. The topological polar surface area (TPSA) is 20.2 Å². The third-order valence-electron chi connectivity index (χ3n) is 0.586. The average Bonchev–Trinajstić information content (AvgIpc) is 2.07. The zero-order valence-corrected chi connectivity index (χ0v) is 13.1. The van der Waals surface area contributed by atoms with E-state index >= 15 is 0 Å². The molecule has 0 saturated carbocycles. The molecule has 0 aromatic heterocycles. The van der Waals surface area contributed by atoms with Crippen molar-refractivity contribution in [1.82, 2.24) is 0 Å². The summed E-state index contributed by atoms with van der Waals surface area (Å²) in [5.74, 6) is 0. The molecule has 75 valence electrons. The number of hydrogen-bond donors (Lipinski definition) is 1. The summed E-state index contributed by atoms with van der Waals surface area (Å²) >= 11 is 0. The van der Waals surface area contributed by atoms with Crippen LogP contribution in [-0.4, -0.2) is 13.1 Å². The Bertz CT molecular complexity index is 128. The van der Waals surface area contributed by atoms with E-state index in [1.807, 2.05) is 31.8 Å². The molecule has 1 rings (SSSR count). The van der Waals surface area contributed by atoms with Gasteiger partial charge in [-0.15, -0.1) is 6.42 Å². The molecule has 13 heavy (non-hydrogen) atoms. The minimum absolute atomic E-state index is 0. The first-order chi connectivity index (χ1) is 4.50. The van der Waals surface area contributed by atoms with Gasteiger partial charge in [0.2, 0.25) is 0 Å². The molecule has 0 bridgehead atoms. The molecule has 0 heterocycles. The van der Waals surface area contributed by atoms with Gasteiger partial charge in [0, 0.05) is 0 Å². The van der Waals surface area contributed by atoms with Crippen LogP contribution in [0, 0.1) is 6.08 Å². The van der Waals surface area contributed by atoms with E-state index < -0.39 is 8.32 Å². The molecule has 1 aliphatic carbocycles. The smallest absolute Gasteiger partial charge is 1.00 e. The molecular weight excluding hydrogens is 302 g/mol. The monoisotopic (exact) mass is 315 g/mol. The van der Waals surface area contributed by atoms with Gasteiger partial charge in [0.25, 0.3) is 0 Å². The van der Waals surface area contributed by atoms with Gasteiger partial charge in [0.1, 0.15) is 0 Å². The molecule has 1 N–H and O–H groups in total. The van der Waals surface area contributed by atoms with E-state index in [0.717, 1.165) is 6.42 Å². The van der Waals surface area contributed by atoms with E-state index in [2.05, 4.69) is 12.2 Å². The zero-order valence-electron chi connectivity index (χ0n) is 8.14. The van der Waals surface area contributed by atoms with E-state index in [1.54, 1.807) is 0 Å². The van der Waals surface area contributed by atoms with E-state index in [0.29, 0.717) is 0 Å². The van der Waals surface area contributed by atoms with Gasteiger partial charge in [-0.25, -0.2) is 12.2 Å². The van der Waals surface area contributed by atoms with Crippen LogP contribution in [0.25, 0.3) is 0 Å². The number of rotatable bonds is 0. The van der Waals surface area contributed by atoms with Gasteiger partial charge in [0.05, 0.1) is 0 Å². The fraction of sp³-hybridized carbons (Fsp3) is 0.500. The molecule has 0 atom stereocenters. The van der Waals surface area contributed by atoms with Crippen molar-refractivity contribution < 1.29 is 55.8 Å². The Balaban J connectivity index is -0.0000000506.